The van der Waals surface area contributed by atoms with Gasteiger partial charge in [-0.1, -0.05) is 19.9 Å². The number of rotatable bonds is 7. The molecule has 1 aromatic heterocycles. The third kappa shape index (κ3) is 4.95. The SMILES string of the molecule is CC(C)CCCOCc1cccnc1C(=O)O. The van der Waals surface area contributed by atoms with Crippen LogP contribution in [0.15, 0.2) is 18.3 Å². The standard InChI is InChI=1S/C13H19NO3/c1-10(2)5-4-8-17-9-11-6-3-7-14-12(11)13(15)16/h3,6-7,10H,4-5,8-9H2,1-2H3,(H,15,16). The molecule has 0 aliphatic carbocycles. The van der Waals surface area contributed by atoms with E-state index in [1.807, 2.05) is 0 Å². The van der Waals surface area contributed by atoms with Crippen molar-refractivity contribution in [3.8, 4) is 0 Å². The maximum atomic E-state index is 10.9. The van der Waals surface area contributed by atoms with Crippen LogP contribution in [0.25, 0.3) is 0 Å². The summed E-state index contributed by atoms with van der Waals surface area (Å²) in [5, 5.41) is 8.92. The Morgan fingerprint density at radius 1 is 1.53 bits per heavy atom. The van der Waals surface area contributed by atoms with Crippen LogP contribution in [0.4, 0.5) is 0 Å². The Balaban J connectivity index is 2.39. The molecular formula is C13H19NO3. The average Bonchev–Trinajstić information content (AvgIpc) is 2.28. The lowest BCUT2D eigenvalue weighted by atomic mass is 10.1. The fourth-order valence-electron chi connectivity index (χ4n) is 1.52. The Morgan fingerprint density at radius 2 is 2.29 bits per heavy atom. The second-order valence-corrected chi connectivity index (χ2v) is 4.40. The third-order valence-electron chi connectivity index (χ3n) is 2.42. The molecule has 0 atom stereocenters. The van der Waals surface area contributed by atoms with Crippen molar-refractivity contribution in [1.29, 1.82) is 0 Å². The number of aromatic carboxylic acids is 1. The highest BCUT2D eigenvalue weighted by molar-refractivity contribution is 5.86. The summed E-state index contributed by atoms with van der Waals surface area (Å²) >= 11 is 0. The van der Waals surface area contributed by atoms with Gasteiger partial charge in [-0.25, -0.2) is 9.78 Å². The van der Waals surface area contributed by atoms with E-state index < -0.39 is 5.97 Å². The lowest BCUT2D eigenvalue weighted by molar-refractivity contribution is 0.0679. The van der Waals surface area contributed by atoms with Gasteiger partial charge in [0.05, 0.1) is 6.61 Å². The monoisotopic (exact) mass is 237 g/mol. The van der Waals surface area contributed by atoms with Crippen LogP contribution < -0.4 is 0 Å². The molecule has 4 heteroatoms. The second-order valence-electron chi connectivity index (χ2n) is 4.40. The fraction of sp³-hybridized carbons (Fsp3) is 0.538. The number of pyridine rings is 1. The van der Waals surface area contributed by atoms with Gasteiger partial charge in [0, 0.05) is 18.4 Å². The van der Waals surface area contributed by atoms with Gasteiger partial charge in [0.15, 0.2) is 5.69 Å². The van der Waals surface area contributed by atoms with Gasteiger partial charge in [-0.15, -0.1) is 0 Å². The number of aromatic nitrogens is 1. The van der Waals surface area contributed by atoms with Crippen LogP contribution >= 0.6 is 0 Å². The second kappa shape index (κ2) is 7.01. The predicted octanol–water partition coefficient (Wildman–Crippen LogP) is 2.73. The normalized spacial score (nSPS) is 10.8. The highest BCUT2D eigenvalue weighted by atomic mass is 16.5. The molecule has 0 aromatic carbocycles. The number of nitrogens with zero attached hydrogens (tertiary/aromatic N) is 1. The summed E-state index contributed by atoms with van der Waals surface area (Å²) in [7, 11) is 0. The zero-order valence-corrected chi connectivity index (χ0v) is 10.3. The van der Waals surface area contributed by atoms with Crippen molar-refractivity contribution < 1.29 is 14.6 Å². The minimum atomic E-state index is -1.01. The minimum Gasteiger partial charge on any atom is -0.477 e. The van der Waals surface area contributed by atoms with E-state index in [4.69, 9.17) is 9.84 Å². The highest BCUT2D eigenvalue weighted by Gasteiger charge is 2.10. The van der Waals surface area contributed by atoms with Gasteiger partial charge < -0.3 is 9.84 Å². The van der Waals surface area contributed by atoms with Gasteiger partial charge in [0.1, 0.15) is 0 Å². The van der Waals surface area contributed by atoms with E-state index in [1.165, 1.54) is 6.20 Å². The molecule has 1 aromatic rings. The zero-order valence-electron chi connectivity index (χ0n) is 10.3. The van der Waals surface area contributed by atoms with Gasteiger partial charge >= 0.3 is 5.97 Å². The molecule has 0 aliphatic rings. The Bertz CT molecular complexity index is 363. The van der Waals surface area contributed by atoms with Crippen LogP contribution in [0.1, 0.15) is 42.7 Å². The van der Waals surface area contributed by atoms with Crippen molar-refractivity contribution in [2.75, 3.05) is 6.61 Å². The van der Waals surface area contributed by atoms with E-state index >= 15 is 0 Å². The van der Waals surface area contributed by atoms with Gasteiger partial charge in [-0.2, -0.15) is 0 Å². The van der Waals surface area contributed by atoms with Crippen molar-refractivity contribution in [2.24, 2.45) is 5.92 Å². The summed E-state index contributed by atoms with van der Waals surface area (Å²) in [5.74, 6) is -0.335. The molecule has 0 amide bonds. The zero-order chi connectivity index (χ0) is 12.7. The Morgan fingerprint density at radius 3 is 2.94 bits per heavy atom. The Labute approximate surface area is 102 Å². The van der Waals surface area contributed by atoms with Crippen LogP contribution in [-0.2, 0) is 11.3 Å². The van der Waals surface area contributed by atoms with Crippen LogP contribution in [0.3, 0.4) is 0 Å². The fourth-order valence-corrected chi connectivity index (χ4v) is 1.52. The molecule has 0 unspecified atom stereocenters. The van der Waals surface area contributed by atoms with Crippen molar-refractivity contribution in [2.45, 2.75) is 33.3 Å². The molecular weight excluding hydrogens is 218 g/mol. The number of carbonyl (C=O) groups is 1. The van der Waals surface area contributed by atoms with Gasteiger partial charge in [0.25, 0.3) is 0 Å². The minimum absolute atomic E-state index is 0.0800. The van der Waals surface area contributed by atoms with E-state index in [1.54, 1.807) is 12.1 Å². The smallest absolute Gasteiger partial charge is 0.354 e. The number of ether oxygens (including phenoxy) is 1. The third-order valence-corrected chi connectivity index (χ3v) is 2.42. The van der Waals surface area contributed by atoms with Crippen molar-refractivity contribution >= 4 is 5.97 Å². The van der Waals surface area contributed by atoms with Crippen LogP contribution in [-0.4, -0.2) is 22.7 Å². The largest absolute Gasteiger partial charge is 0.477 e. The summed E-state index contributed by atoms with van der Waals surface area (Å²) in [5.41, 5.74) is 0.709. The predicted molar refractivity (Wildman–Crippen MR) is 64.9 cm³/mol. The highest BCUT2D eigenvalue weighted by Crippen LogP contribution is 2.08. The summed E-state index contributed by atoms with van der Waals surface area (Å²) in [6.07, 6.45) is 3.60. The maximum Gasteiger partial charge on any atom is 0.354 e. The topological polar surface area (TPSA) is 59.4 Å². The molecule has 4 nitrogen and oxygen atoms in total. The molecule has 0 radical (unpaired) electrons. The molecule has 0 saturated heterocycles. The summed E-state index contributed by atoms with van der Waals surface area (Å²) < 4.78 is 5.46. The summed E-state index contributed by atoms with van der Waals surface area (Å²) in [6.45, 7) is 5.31. The first kappa shape index (κ1) is 13.6. The molecule has 0 saturated carbocycles. The molecule has 1 N–H and O–H groups in total. The molecule has 94 valence electrons. The Kier molecular flexibility index (Phi) is 5.63. The lowest BCUT2D eigenvalue weighted by Crippen LogP contribution is -2.07. The van der Waals surface area contributed by atoms with Gasteiger partial charge in [-0.05, 0) is 24.8 Å². The van der Waals surface area contributed by atoms with Crippen molar-refractivity contribution in [3.05, 3.63) is 29.6 Å². The number of carboxylic acids is 1. The van der Waals surface area contributed by atoms with E-state index in [0.717, 1.165) is 12.8 Å². The molecule has 0 spiro atoms. The van der Waals surface area contributed by atoms with Crippen molar-refractivity contribution in [1.82, 2.24) is 4.98 Å². The molecule has 1 rings (SSSR count). The number of hydrogen-bond acceptors (Lipinski definition) is 3. The molecule has 0 bridgehead atoms. The molecule has 17 heavy (non-hydrogen) atoms. The Hall–Kier alpha value is -1.42. The number of hydrogen-bond donors (Lipinski definition) is 1. The van der Waals surface area contributed by atoms with E-state index in [9.17, 15) is 4.79 Å². The first-order valence-corrected chi connectivity index (χ1v) is 5.86. The average molecular weight is 237 g/mol. The van der Waals surface area contributed by atoms with Crippen molar-refractivity contribution in [3.63, 3.8) is 0 Å². The van der Waals surface area contributed by atoms with Crippen LogP contribution in [0.5, 0.6) is 0 Å². The first-order valence-electron chi connectivity index (χ1n) is 5.86. The number of carboxylic acid groups (broad SMARTS) is 1. The molecule has 0 fully saturated rings. The molecule has 0 aliphatic heterocycles. The van der Waals surface area contributed by atoms with Crippen LogP contribution in [0.2, 0.25) is 0 Å². The van der Waals surface area contributed by atoms with Gasteiger partial charge in [-0.3, -0.25) is 0 Å². The van der Waals surface area contributed by atoms with Crippen LogP contribution in [0, 0.1) is 5.92 Å². The quantitative estimate of drug-likeness (QED) is 0.741. The summed E-state index contributed by atoms with van der Waals surface area (Å²) in [6, 6.07) is 3.46. The van der Waals surface area contributed by atoms with E-state index in [-0.39, 0.29) is 5.69 Å². The maximum absolute atomic E-state index is 10.9. The van der Waals surface area contributed by atoms with E-state index in [2.05, 4.69) is 18.8 Å². The van der Waals surface area contributed by atoms with Gasteiger partial charge in [0.2, 0.25) is 0 Å². The molecule has 1 heterocycles. The summed E-state index contributed by atoms with van der Waals surface area (Å²) in [4.78, 5) is 14.7. The van der Waals surface area contributed by atoms with E-state index in [0.29, 0.717) is 24.7 Å². The lowest BCUT2D eigenvalue weighted by Gasteiger charge is -2.07. The first-order chi connectivity index (χ1) is 8.11.